The molecule has 0 aliphatic carbocycles. The fourth-order valence-corrected chi connectivity index (χ4v) is 4.11. The third-order valence-corrected chi connectivity index (χ3v) is 6.06. The number of carbonyl (C=O) groups excluding carboxylic acids is 2. The number of likely N-dealkylation sites (tertiary alicyclic amines) is 1. The highest BCUT2D eigenvalue weighted by molar-refractivity contribution is 6.46. The Morgan fingerprint density at radius 3 is 2.22 bits per heavy atom. The van der Waals surface area contributed by atoms with Gasteiger partial charge in [0.2, 0.25) is 0 Å². The highest BCUT2D eigenvalue weighted by Crippen LogP contribution is 2.39. The molecule has 0 bridgehead atoms. The van der Waals surface area contributed by atoms with Gasteiger partial charge in [0, 0.05) is 12.1 Å². The van der Waals surface area contributed by atoms with Crippen molar-refractivity contribution < 1.29 is 19.4 Å². The summed E-state index contributed by atoms with van der Waals surface area (Å²) in [6, 6.07) is 14.0. The number of aryl methyl sites for hydroxylation is 1. The molecule has 0 aromatic heterocycles. The lowest BCUT2D eigenvalue weighted by Gasteiger charge is -2.27. The second-order valence-corrected chi connectivity index (χ2v) is 8.01. The lowest BCUT2D eigenvalue weighted by molar-refractivity contribution is -0.140. The predicted molar refractivity (Wildman–Crippen MR) is 126 cm³/mol. The van der Waals surface area contributed by atoms with Crippen molar-refractivity contribution in [3.63, 3.8) is 0 Å². The fraction of sp³-hybridized carbons (Fsp3) is 0.385. The molecule has 0 radical (unpaired) electrons. The second-order valence-electron chi connectivity index (χ2n) is 8.01. The molecule has 0 spiro atoms. The third-order valence-electron chi connectivity index (χ3n) is 6.06. The van der Waals surface area contributed by atoms with Crippen molar-refractivity contribution in [3.8, 4) is 5.75 Å². The van der Waals surface area contributed by atoms with Crippen molar-refractivity contribution in [2.24, 2.45) is 0 Å². The molecule has 0 unspecified atom stereocenters. The first-order valence-corrected chi connectivity index (χ1v) is 11.1. The van der Waals surface area contributed by atoms with Crippen LogP contribution in [0, 0.1) is 6.92 Å². The topological polar surface area (TPSA) is 70.1 Å². The van der Waals surface area contributed by atoms with E-state index in [1.54, 1.807) is 36.3 Å². The average Bonchev–Trinajstić information content (AvgIpc) is 3.07. The summed E-state index contributed by atoms with van der Waals surface area (Å²) in [4.78, 5) is 30.0. The maximum Gasteiger partial charge on any atom is 0.295 e. The number of hydrogen-bond donors (Lipinski definition) is 1. The Balaban J connectivity index is 2.01. The Labute approximate surface area is 190 Å². The Morgan fingerprint density at radius 2 is 1.66 bits per heavy atom. The number of nitrogens with zero attached hydrogens (tertiary/aromatic N) is 2. The van der Waals surface area contributed by atoms with Crippen LogP contribution < -0.4 is 4.74 Å². The number of aliphatic hydroxyl groups is 1. The average molecular weight is 437 g/mol. The number of carbonyl (C=O) groups is 2. The number of Topliss-reactive ketones (excluding diaryl/α,β-unsaturated/α-hetero) is 1. The van der Waals surface area contributed by atoms with Crippen LogP contribution in [0.4, 0.5) is 0 Å². The number of benzene rings is 2. The number of ketones is 1. The van der Waals surface area contributed by atoms with E-state index < -0.39 is 17.7 Å². The van der Waals surface area contributed by atoms with Crippen LogP contribution in [0.2, 0.25) is 0 Å². The van der Waals surface area contributed by atoms with E-state index in [0.717, 1.165) is 37.2 Å². The first-order chi connectivity index (χ1) is 15.4. The minimum Gasteiger partial charge on any atom is -0.507 e. The predicted octanol–water partition coefficient (Wildman–Crippen LogP) is 4.16. The molecule has 170 valence electrons. The normalized spacial score (nSPS) is 17.9. The zero-order valence-electron chi connectivity index (χ0n) is 19.3. The SMILES string of the molecule is CCN(CC)CCCN1C(=O)C(=O)C(=C(O)c2ccc(OC)cc2)[C@H]1c1ccc(C)cc1. The van der Waals surface area contributed by atoms with Gasteiger partial charge in [-0.3, -0.25) is 9.59 Å². The molecule has 1 heterocycles. The molecule has 1 N–H and O–H groups in total. The standard InChI is InChI=1S/C26H32N2O4/c1-5-27(6-2)16-7-17-28-23(19-10-8-18(3)9-11-19)22(25(30)26(28)31)24(29)20-12-14-21(32-4)15-13-20/h8-15,23,29H,5-7,16-17H2,1-4H3/t23-/m1/s1. The van der Waals surface area contributed by atoms with Gasteiger partial charge in [-0.15, -0.1) is 0 Å². The number of ether oxygens (including phenoxy) is 1. The van der Waals surface area contributed by atoms with E-state index in [1.165, 1.54) is 0 Å². The van der Waals surface area contributed by atoms with E-state index in [-0.39, 0.29) is 11.3 Å². The zero-order valence-corrected chi connectivity index (χ0v) is 19.3. The molecule has 1 aliphatic heterocycles. The number of aliphatic hydroxyl groups excluding tert-OH is 1. The number of amides is 1. The van der Waals surface area contributed by atoms with Gasteiger partial charge in [-0.05, 0) is 62.8 Å². The molecule has 1 saturated heterocycles. The summed E-state index contributed by atoms with van der Waals surface area (Å²) in [5, 5.41) is 11.1. The van der Waals surface area contributed by atoms with Crippen LogP contribution in [0.15, 0.2) is 54.1 Å². The van der Waals surface area contributed by atoms with Crippen LogP contribution in [0.3, 0.4) is 0 Å². The molecule has 2 aromatic rings. The van der Waals surface area contributed by atoms with E-state index in [9.17, 15) is 14.7 Å². The summed E-state index contributed by atoms with van der Waals surface area (Å²) in [5.74, 6) is -0.728. The molecule has 1 amide bonds. The van der Waals surface area contributed by atoms with E-state index in [2.05, 4.69) is 18.7 Å². The number of methoxy groups -OCH3 is 1. The molecule has 32 heavy (non-hydrogen) atoms. The molecule has 3 rings (SSSR count). The Hall–Kier alpha value is -3.12. The minimum atomic E-state index is -0.647. The third kappa shape index (κ3) is 4.86. The molecule has 1 atom stereocenters. The smallest absolute Gasteiger partial charge is 0.295 e. The van der Waals surface area contributed by atoms with E-state index in [4.69, 9.17) is 4.74 Å². The van der Waals surface area contributed by atoms with Gasteiger partial charge in [-0.25, -0.2) is 0 Å². The maximum absolute atomic E-state index is 13.1. The van der Waals surface area contributed by atoms with E-state index in [0.29, 0.717) is 17.9 Å². The number of rotatable bonds is 9. The zero-order chi connectivity index (χ0) is 23.3. The van der Waals surface area contributed by atoms with Gasteiger partial charge in [0.05, 0.1) is 18.7 Å². The summed E-state index contributed by atoms with van der Waals surface area (Å²) in [6.07, 6.45) is 0.750. The van der Waals surface area contributed by atoms with Crippen molar-refractivity contribution in [1.82, 2.24) is 9.80 Å². The molecule has 6 nitrogen and oxygen atoms in total. The molecule has 6 heteroatoms. The molecule has 1 fully saturated rings. The van der Waals surface area contributed by atoms with Crippen LogP contribution in [0.25, 0.3) is 5.76 Å². The lowest BCUT2D eigenvalue weighted by Crippen LogP contribution is -2.33. The maximum atomic E-state index is 13.1. The fourth-order valence-electron chi connectivity index (χ4n) is 4.11. The quantitative estimate of drug-likeness (QED) is 0.363. The largest absolute Gasteiger partial charge is 0.507 e. The van der Waals surface area contributed by atoms with Crippen molar-refractivity contribution in [2.75, 3.05) is 33.3 Å². The van der Waals surface area contributed by atoms with Gasteiger partial charge in [0.25, 0.3) is 11.7 Å². The van der Waals surface area contributed by atoms with Gasteiger partial charge >= 0.3 is 0 Å². The first-order valence-electron chi connectivity index (χ1n) is 11.1. The molecule has 2 aromatic carbocycles. The summed E-state index contributed by atoms with van der Waals surface area (Å²) >= 11 is 0. The highest BCUT2D eigenvalue weighted by Gasteiger charge is 2.45. The Bertz CT molecular complexity index is 976. The molecule has 0 saturated carbocycles. The van der Waals surface area contributed by atoms with Crippen LogP contribution in [-0.2, 0) is 9.59 Å². The Kier molecular flexibility index (Phi) is 7.70. The minimum absolute atomic E-state index is 0.131. The van der Waals surface area contributed by atoms with Crippen molar-refractivity contribution in [2.45, 2.75) is 33.2 Å². The summed E-state index contributed by atoms with van der Waals surface area (Å²) in [5.41, 5.74) is 2.51. The monoisotopic (exact) mass is 436 g/mol. The van der Waals surface area contributed by atoms with Gasteiger partial charge in [-0.1, -0.05) is 43.7 Å². The van der Waals surface area contributed by atoms with Gasteiger partial charge in [0.15, 0.2) is 0 Å². The molecular formula is C26H32N2O4. The van der Waals surface area contributed by atoms with Crippen molar-refractivity contribution in [1.29, 1.82) is 0 Å². The molecular weight excluding hydrogens is 404 g/mol. The van der Waals surface area contributed by atoms with Crippen molar-refractivity contribution in [3.05, 3.63) is 70.8 Å². The van der Waals surface area contributed by atoms with Crippen LogP contribution >= 0.6 is 0 Å². The second kappa shape index (κ2) is 10.5. The lowest BCUT2D eigenvalue weighted by atomic mass is 9.94. The van der Waals surface area contributed by atoms with Crippen LogP contribution in [0.1, 0.15) is 43.0 Å². The number of hydrogen-bond acceptors (Lipinski definition) is 5. The summed E-state index contributed by atoms with van der Waals surface area (Å²) in [7, 11) is 1.57. The van der Waals surface area contributed by atoms with E-state index >= 15 is 0 Å². The van der Waals surface area contributed by atoms with Gasteiger partial charge in [0.1, 0.15) is 11.5 Å². The van der Waals surface area contributed by atoms with E-state index in [1.807, 2.05) is 31.2 Å². The first kappa shape index (κ1) is 23.5. The van der Waals surface area contributed by atoms with Gasteiger partial charge in [-0.2, -0.15) is 0 Å². The van der Waals surface area contributed by atoms with Crippen LogP contribution in [0.5, 0.6) is 5.75 Å². The summed E-state index contributed by atoms with van der Waals surface area (Å²) < 4.78 is 5.18. The van der Waals surface area contributed by atoms with Gasteiger partial charge < -0.3 is 19.6 Å². The van der Waals surface area contributed by atoms with Crippen molar-refractivity contribution >= 4 is 17.4 Å². The Morgan fingerprint density at radius 1 is 1.03 bits per heavy atom. The summed E-state index contributed by atoms with van der Waals surface area (Å²) in [6.45, 7) is 9.37. The molecule has 1 aliphatic rings. The highest BCUT2D eigenvalue weighted by atomic mass is 16.5. The van der Waals surface area contributed by atoms with Crippen LogP contribution in [-0.4, -0.2) is 59.9 Å².